The van der Waals surface area contributed by atoms with Crippen molar-refractivity contribution in [3.05, 3.63) is 59.2 Å². The molecule has 3 rings (SSSR count). The number of alkyl halides is 3. The lowest BCUT2D eigenvalue weighted by Crippen LogP contribution is -2.28. The summed E-state index contributed by atoms with van der Waals surface area (Å²) < 4.78 is 59.9. The number of methoxy groups -OCH3 is 1. The number of carbonyl (C=O) groups excluding carboxylic acids is 1. The Kier molecular flexibility index (Phi) is 6.00. The van der Waals surface area contributed by atoms with Gasteiger partial charge in [-0.05, 0) is 42.8 Å². The van der Waals surface area contributed by atoms with Crippen LogP contribution in [0.5, 0.6) is 5.75 Å². The van der Waals surface area contributed by atoms with Crippen molar-refractivity contribution < 1.29 is 27.1 Å². The summed E-state index contributed by atoms with van der Waals surface area (Å²) in [6.07, 6.45) is -3.83. The number of aryl methyl sites for hydroxylation is 1. The average Bonchev–Trinajstić information content (AvgIpc) is 3.03. The van der Waals surface area contributed by atoms with E-state index in [-0.39, 0.29) is 17.9 Å². The van der Waals surface area contributed by atoms with Crippen molar-refractivity contribution in [3.63, 3.8) is 0 Å². The summed E-state index contributed by atoms with van der Waals surface area (Å²) in [6.45, 7) is 2.55. The van der Waals surface area contributed by atoms with E-state index in [0.29, 0.717) is 23.4 Å². The van der Waals surface area contributed by atoms with Crippen LogP contribution >= 0.6 is 0 Å². The number of rotatable bonds is 6. The van der Waals surface area contributed by atoms with Crippen LogP contribution in [0.15, 0.2) is 36.4 Å². The van der Waals surface area contributed by atoms with Gasteiger partial charge in [-0.15, -0.1) is 0 Å². The Morgan fingerprint density at radius 3 is 2.57 bits per heavy atom. The molecule has 2 aromatic carbocycles. The molecule has 0 aliphatic rings. The summed E-state index contributed by atoms with van der Waals surface area (Å²) in [7, 11) is 2.76. The monoisotopic (exact) mass is 423 g/mol. The standard InChI is InChI=1S/C21H21F4N3O2/c1-4-9-28-17-11-14(22)6-7-16(17)26-19(28)12-27(2)20(29)15-10-13(21(23,24)25)5-8-18(15)30-3/h5-8,10-11H,4,9,12H2,1-3H3. The normalized spacial score (nSPS) is 11.7. The van der Waals surface area contributed by atoms with Crippen LogP contribution in [-0.2, 0) is 19.3 Å². The molecule has 1 aromatic heterocycles. The van der Waals surface area contributed by atoms with Gasteiger partial charge in [0.15, 0.2) is 0 Å². The average molecular weight is 423 g/mol. The summed E-state index contributed by atoms with van der Waals surface area (Å²) in [5.41, 5.74) is 0.0504. The van der Waals surface area contributed by atoms with Gasteiger partial charge in [0.2, 0.25) is 0 Å². The largest absolute Gasteiger partial charge is 0.496 e. The molecule has 3 aromatic rings. The van der Waals surface area contributed by atoms with Gasteiger partial charge in [0.05, 0.1) is 35.8 Å². The maximum atomic E-state index is 13.7. The highest BCUT2D eigenvalue weighted by atomic mass is 19.4. The maximum absolute atomic E-state index is 13.7. The van der Waals surface area contributed by atoms with Crippen molar-refractivity contribution >= 4 is 16.9 Å². The lowest BCUT2D eigenvalue weighted by molar-refractivity contribution is -0.137. The Hall–Kier alpha value is -3.10. The maximum Gasteiger partial charge on any atom is 0.416 e. The Labute approximate surface area is 170 Å². The van der Waals surface area contributed by atoms with Crippen LogP contribution in [0.4, 0.5) is 17.6 Å². The van der Waals surface area contributed by atoms with Gasteiger partial charge in [-0.1, -0.05) is 6.92 Å². The van der Waals surface area contributed by atoms with E-state index >= 15 is 0 Å². The molecule has 0 fully saturated rings. The second-order valence-electron chi connectivity index (χ2n) is 6.89. The van der Waals surface area contributed by atoms with Gasteiger partial charge in [-0.25, -0.2) is 9.37 Å². The van der Waals surface area contributed by atoms with Crippen molar-refractivity contribution in [1.29, 1.82) is 0 Å². The molecule has 0 aliphatic heterocycles. The van der Waals surface area contributed by atoms with Crippen molar-refractivity contribution in [3.8, 4) is 5.75 Å². The summed E-state index contributed by atoms with van der Waals surface area (Å²) in [6, 6.07) is 7.00. The minimum absolute atomic E-state index is 0.0362. The molecule has 1 amide bonds. The van der Waals surface area contributed by atoms with Gasteiger partial charge in [0, 0.05) is 13.6 Å². The first-order chi connectivity index (χ1) is 14.2. The van der Waals surface area contributed by atoms with E-state index in [1.807, 2.05) is 11.5 Å². The van der Waals surface area contributed by atoms with Gasteiger partial charge in [0.25, 0.3) is 5.91 Å². The lowest BCUT2D eigenvalue weighted by atomic mass is 10.1. The summed E-state index contributed by atoms with van der Waals surface area (Å²) >= 11 is 0. The van der Waals surface area contributed by atoms with Crippen LogP contribution < -0.4 is 4.74 Å². The zero-order valence-electron chi connectivity index (χ0n) is 16.8. The van der Waals surface area contributed by atoms with E-state index < -0.39 is 23.5 Å². The number of aromatic nitrogens is 2. The molecule has 0 atom stereocenters. The van der Waals surface area contributed by atoms with Crippen LogP contribution in [0.25, 0.3) is 11.0 Å². The smallest absolute Gasteiger partial charge is 0.416 e. The topological polar surface area (TPSA) is 47.4 Å². The van der Waals surface area contributed by atoms with Gasteiger partial charge in [-0.3, -0.25) is 4.79 Å². The first-order valence-corrected chi connectivity index (χ1v) is 9.31. The van der Waals surface area contributed by atoms with Crippen LogP contribution in [-0.4, -0.2) is 34.5 Å². The molecule has 30 heavy (non-hydrogen) atoms. The molecule has 0 unspecified atom stereocenters. The first kappa shape index (κ1) is 21.6. The highest BCUT2D eigenvalue weighted by molar-refractivity contribution is 5.97. The molecule has 0 radical (unpaired) electrons. The number of hydrogen-bond acceptors (Lipinski definition) is 3. The van der Waals surface area contributed by atoms with E-state index in [4.69, 9.17) is 4.74 Å². The van der Waals surface area contributed by atoms with Crippen LogP contribution in [0, 0.1) is 5.82 Å². The number of carbonyl (C=O) groups is 1. The van der Waals surface area contributed by atoms with E-state index in [1.54, 1.807) is 6.07 Å². The Balaban J connectivity index is 1.96. The number of fused-ring (bicyclic) bond motifs is 1. The third kappa shape index (κ3) is 4.24. The number of nitrogens with zero attached hydrogens (tertiary/aromatic N) is 3. The minimum atomic E-state index is -4.58. The first-order valence-electron chi connectivity index (χ1n) is 9.31. The molecule has 0 N–H and O–H groups in total. The van der Waals surface area contributed by atoms with Gasteiger partial charge >= 0.3 is 6.18 Å². The predicted octanol–water partition coefficient (Wildman–Crippen LogP) is 4.89. The van der Waals surface area contributed by atoms with Crippen LogP contribution in [0.1, 0.15) is 35.1 Å². The number of imidazole rings is 1. The molecule has 0 saturated carbocycles. The highest BCUT2D eigenvalue weighted by Gasteiger charge is 2.32. The molecule has 5 nitrogen and oxygen atoms in total. The number of amides is 1. The number of benzene rings is 2. The summed E-state index contributed by atoms with van der Waals surface area (Å²) in [4.78, 5) is 18.7. The quantitative estimate of drug-likeness (QED) is 0.531. The van der Waals surface area contributed by atoms with Crippen molar-refractivity contribution in [2.24, 2.45) is 0 Å². The number of ether oxygens (including phenoxy) is 1. The molecule has 0 saturated heterocycles. The van der Waals surface area contributed by atoms with Crippen LogP contribution in [0.2, 0.25) is 0 Å². The fourth-order valence-corrected chi connectivity index (χ4v) is 3.28. The molecule has 0 spiro atoms. The second-order valence-corrected chi connectivity index (χ2v) is 6.89. The fourth-order valence-electron chi connectivity index (χ4n) is 3.28. The molecule has 0 bridgehead atoms. The van der Waals surface area contributed by atoms with Crippen molar-refractivity contribution in [2.75, 3.05) is 14.2 Å². The number of hydrogen-bond donors (Lipinski definition) is 0. The van der Waals surface area contributed by atoms with Crippen LogP contribution in [0.3, 0.4) is 0 Å². The second kappa shape index (κ2) is 8.33. The van der Waals surface area contributed by atoms with Gasteiger partial charge in [0.1, 0.15) is 17.4 Å². The van der Waals surface area contributed by atoms with E-state index in [0.717, 1.165) is 24.6 Å². The Morgan fingerprint density at radius 1 is 1.20 bits per heavy atom. The SMILES string of the molecule is CCCn1c(CN(C)C(=O)c2cc(C(F)(F)F)ccc2OC)nc2ccc(F)cc21. The fraction of sp³-hybridized carbons (Fsp3) is 0.333. The van der Waals surface area contributed by atoms with E-state index in [9.17, 15) is 22.4 Å². The molecule has 0 aliphatic carbocycles. The summed E-state index contributed by atoms with van der Waals surface area (Å²) in [5, 5.41) is 0. The lowest BCUT2D eigenvalue weighted by Gasteiger charge is -2.20. The third-order valence-corrected chi connectivity index (χ3v) is 4.72. The Morgan fingerprint density at radius 2 is 1.93 bits per heavy atom. The van der Waals surface area contributed by atoms with E-state index in [1.165, 1.54) is 31.2 Å². The zero-order chi connectivity index (χ0) is 22.1. The van der Waals surface area contributed by atoms with Gasteiger partial charge in [-0.2, -0.15) is 13.2 Å². The molecule has 9 heteroatoms. The molecular weight excluding hydrogens is 402 g/mol. The zero-order valence-corrected chi connectivity index (χ0v) is 16.8. The molecule has 160 valence electrons. The molecule has 1 heterocycles. The predicted molar refractivity (Wildman–Crippen MR) is 104 cm³/mol. The Bertz CT molecular complexity index is 1080. The van der Waals surface area contributed by atoms with Crippen molar-refractivity contribution in [2.45, 2.75) is 32.6 Å². The highest BCUT2D eigenvalue weighted by Crippen LogP contribution is 2.33. The van der Waals surface area contributed by atoms with E-state index in [2.05, 4.69) is 4.98 Å². The minimum Gasteiger partial charge on any atom is -0.496 e. The molecular formula is C21H21F4N3O2. The van der Waals surface area contributed by atoms with Crippen molar-refractivity contribution in [1.82, 2.24) is 14.5 Å². The number of halogens is 4. The van der Waals surface area contributed by atoms with Gasteiger partial charge < -0.3 is 14.2 Å². The third-order valence-electron chi connectivity index (χ3n) is 4.72. The summed E-state index contributed by atoms with van der Waals surface area (Å²) in [5.74, 6) is -0.480.